The third-order valence-corrected chi connectivity index (χ3v) is 1.25. The van der Waals surface area contributed by atoms with E-state index in [0.717, 1.165) is 11.3 Å². The number of rotatable bonds is 2. The average molecular weight is 133 g/mol. The second-order valence-corrected chi connectivity index (χ2v) is 1.89. The Morgan fingerprint density at radius 1 is 1.70 bits per heavy atom. The van der Waals surface area contributed by atoms with Crippen molar-refractivity contribution in [1.82, 2.24) is 0 Å². The summed E-state index contributed by atoms with van der Waals surface area (Å²) in [4.78, 5) is 0. The number of hydrogen-bond acceptors (Lipinski definition) is 1. The monoisotopic (exact) mass is 133 g/mol. The predicted octanol–water partition coefficient (Wildman–Crippen LogP) is 2.14. The van der Waals surface area contributed by atoms with Gasteiger partial charge in [0.25, 0.3) is 0 Å². The molecule has 0 saturated heterocycles. The van der Waals surface area contributed by atoms with Crippen LogP contribution in [-0.4, -0.2) is 7.11 Å². The third kappa shape index (κ3) is 1.38. The van der Waals surface area contributed by atoms with Crippen molar-refractivity contribution in [2.24, 2.45) is 0 Å². The fraction of sp³-hybridized carbons (Fsp3) is 0.111. The molecular weight excluding hydrogens is 124 g/mol. The molecule has 0 aliphatic carbocycles. The summed E-state index contributed by atoms with van der Waals surface area (Å²) in [5.74, 6) is 0.748. The van der Waals surface area contributed by atoms with Crippen molar-refractivity contribution in [1.29, 1.82) is 0 Å². The molecule has 0 N–H and O–H groups in total. The molecule has 1 heteroatoms. The van der Waals surface area contributed by atoms with Crippen LogP contribution in [0.5, 0.6) is 5.75 Å². The minimum Gasteiger partial charge on any atom is -0.496 e. The van der Waals surface area contributed by atoms with Gasteiger partial charge in [-0.05, 0) is 17.7 Å². The Hall–Kier alpha value is -1.24. The van der Waals surface area contributed by atoms with Gasteiger partial charge in [0.15, 0.2) is 0 Å². The minimum atomic E-state index is 0.748. The van der Waals surface area contributed by atoms with E-state index >= 15 is 0 Å². The topological polar surface area (TPSA) is 9.23 Å². The van der Waals surface area contributed by atoms with Crippen LogP contribution in [0, 0.1) is 6.07 Å². The van der Waals surface area contributed by atoms with E-state index in [9.17, 15) is 0 Å². The lowest BCUT2D eigenvalue weighted by Crippen LogP contribution is -1.82. The lowest BCUT2D eigenvalue weighted by Gasteiger charge is -1.97. The average Bonchev–Trinajstić information content (AvgIpc) is 2.05. The molecule has 51 valence electrons. The van der Waals surface area contributed by atoms with Gasteiger partial charge >= 0.3 is 0 Å². The predicted molar refractivity (Wildman–Crippen MR) is 41.9 cm³/mol. The Kier molecular flexibility index (Phi) is 2.11. The van der Waals surface area contributed by atoms with Gasteiger partial charge in [-0.3, -0.25) is 0 Å². The molecule has 1 aromatic rings. The summed E-state index contributed by atoms with van der Waals surface area (Å²) in [6, 6.07) is 8.55. The molecule has 0 spiro atoms. The van der Waals surface area contributed by atoms with Crippen molar-refractivity contribution in [2.45, 2.75) is 0 Å². The van der Waals surface area contributed by atoms with Crippen molar-refractivity contribution in [2.75, 3.05) is 7.11 Å². The molecule has 0 amide bonds. The maximum absolute atomic E-state index is 4.95. The molecule has 0 aliphatic rings. The Labute approximate surface area is 61.0 Å². The van der Waals surface area contributed by atoms with E-state index in [1.54, 1.807) is 13.2 Å². The summed E-state index contributed by atoms with van der Waals surface area (Å²) < 4.78 is 4.95. The summed E-state index contributed by atoms with van der Waals surface area (Å²) in [5.41, 5.74) is 1.05. The van der Waals surface area contributed by atoms with Crippen molar-refractivity contribution in [3.63, 3.8) is 0 Å². The molecular formula is C9H9O. The molecule has 1 rings (SSSR count). The van der Waals surface area contributed by atoms with Gasteiger partial charge in [0.05, 0.1) is 7.11 Å². The Balaban J connectivity index is 2.98. The third-order valence-electron chi connectivity index (χ3n) is 1.25. The van der Waals surface area contributed by atoms with E-state index in [1.807, 2.05) is 18.2 Å². The van der Waals surface area contributed by atoms with Crippen molar-refractivity contribution in [3.05, 3.63) is 36.4 Å². The normalized spacial score (nSPS) is 8.90. The van der Waals surface area contributed by atoms with Crippen LogP contribution in [0.15, 0.2) is 24.8 Å². The Bertz CT molecular complexity index is 228. The molecule has 0 bridgehead atoms. The summed E-state index contributed by atoms with van der Waals surface area (Å²) >= 11 is 0. The molecule has 0 fully saturated rings. The van der Waals surface area contributed by atoms with Crippen molar-refractivity contribution >= 4 is 6.08 Å². The van der Waals surface area contributed by atoms with E-state index in [4.69, 9.17) is 4.74 Å². The fourth-order valence-electron chi connectivity index (χ4n) is 0.706. The zero-order valence-electron chi connectivity index (χ0n) is 5.92. The van der Waals surface area contributed by atoms with Crippen LogP contribution in [0.3, 0.4) is 0 Å². The summed E-state index contributed by atoms with van der Waals surface area (Å²) in [5, 5.41) is 0. The lowest BCUT2D eigenvalue weighted by atomic mass is 10.2. The van der Waals surface area contributed by atoms with Crippen LogP contribution < -0.4 is 4.74 Å². The molecule has 0 aliphatic heterocycles. The molecule has 10 heavy (non-hydrogen) atoms. The first-order chi connectivity index (χ1) is 4.86. The van der Waals surface area contributed by atoms with Gasteiger partial charge in [-0.1, -0.05) is 18.7 Å². The second kappa shape index (κ2) is 3.06. The molecule has 0 saturated carbocycles. The van der Waals surface area contributed by atoms with Gasteiger partial charge in [0.2, 0.25) is 0 Å². The molecule has 1 aromatic carbocycles. The first-order valence-corrected chi connectivity index (χ1v) is 3.05. The Morgan fingerprint density at radius 3 is 3.10 bits per heavy atom. The number of methoxy groups -OCH3 is 1. The van der Waals surface area contributed by atoms with Crippen LogP contribution in [0.25, 0.3) is 6.08 Å². The second-order valence-electron chi connectivity index (χ2n) is 1.89. The first kappa shape index (κ1) is 6.87. The van der Waals surface area contributed by atoms with Crippen LogP contribution in [0.1, 0.15) is 5.56 Å². The highest BCUT2D eigenvalue weighted by molar-refractivity contribution is 5.49. The zero-order valence-corrected chi connectivity index (χ0v) is 5.92. The van der Waals surface area contributed by atoms with Crippen LogP contribution in [0.2, 0.25) is 0 Å². The fourth-order valence-corrected chi connectivity index (χ4v) is 0.706. The zero-order chi connectivity index (χ0) is 7.40. The van der Waals surface area contributed by atoms with E-state index in [0.29, 0.717) is 0 Å². The molecule has 0 heterocycles. The van der Waals surface area contributed by atoms with Crippen LogP contribution >= 0.6 is 0 Å². The van der Waals surface area contributed by atoms with Gasteiger partial charge in [-0.2, -0.15) is 0 Å². The molecule has 1 nitrogen and oxygen atoms in total. The van der Waals surface area contributed by atoms with Crippen molar-refractivity contribution < 1.29 is 4.74 Å². The maximum Gasteiger partial charge on any atom is 0.127 e. The smallest absolute Gasteiger partial charge is 0.127 e. The van der Waals surface area contributed by atoms with Crippen LogP contribution in [0.4, 0.5) is 0 Å². The largest absolute Gasteiger partial charge is 0.496 e. The van der Waals surface area contributed by atoms with Gasteiger partial charge in [-0.15, -0.1) is 0 Å². The van der Waals surface area contributed by atoms with E-state index < -0.39 is 0 Å². The highest BCUT2D eigenvalue weighted by Crippen LogP contribution is 2.11. The quantitative estimate of drug-likeness (QED) is 0.600. The molecule has 0 atom stereocenters. The maximum atomic E-state index is 4.95. The highest BCUT2D eigenvalue weighted by atomic mass is 16.5. The lowest BCUT2D eigenvalue weighted by molar-refractivity contribution is 0.414. The van der Waals surface area contributed by atoms with E-state index in [-0.39, 0.29) is 0 Å². The van der Waals surface area contributed by atoms with Gasteiger partial charge in [-0.25, -0.2) is 0 Å². The van der Waals surface area contributed by atoms with Crippen molar-refractivity contribution in [3.8, 4) is 5.75 Å². The van der Waals surface area contributed by atoms with E-state index in [2.05, 4.69) is 12.6 Å². The molecule has 0 aromatic heterocycles. The van der Waals surface area contributed by atoms with Gasteiger partial charge in [0, 0.05) is 6.07 Å². The SMILES string of the molecule is C=Cc1cc[c]c(OC)c1. The molecule has 0 unspecified atom stereocenters. The summed E-state index contributed by atoms with van der Waals surface area (Å²) in [7, 11) is 1.62. The van der Waals surface area contributed by atoms with Crippen LogP contribution in [-0.2, 0) is 0 Å². The number of ether oxygens (including phenoxy) is 1. The highest BCUT2D eigenvalue weighted by Gasteiger charge is 1.89. The number of benzene rings is 1. The number of hydrogen-bond donors (Lipinski definition) is 0. The minimum absolute atomic E-state index is 0.748. The molecule has 1 radical (unpaired) electrons. The standard InChI is InChI=1S/C9H9O/c1-3-8-5-4-6-9(7-8)10-2/h3-5,7H,1H2,2H3. The Morgan fingerprint density at radius 2 is 2.50 bits per heavy atom. The first-order valence-electron chi connectivity index (χ1n) is 3.05. The summed E-state index contributed by atoms with van der Waals surface area (Å²) in [6.07, 6.45) is 1.77. The van der Waals surface area contributed by atoms with E-state index in [1.165, 1.54) is 0 Å². The van der Waals surface area contributed by atoms with Gasteiger partial charge in [0.1, 0.15) is 5.75 Å². The summed E-state index contributed by atoms with van der Waals surface area (Å²) in [6.45, 7) is 3.64. The van der Waals surface area contributed by atoms with Gasteiger partial charge < -0.3 is 4.74 Å².